The number of carbonyl (C=O) groups excluding carboxylic acids is 1. The summed E-state index contributed by atoms with van der Waals surface area (Å²) in [7, 11) is 0. The van der Waals surface area contributed by atoms with Crippen LogP contribution in [0.25, 0.3) is 21.8 Å². The number of benzene rings is 2. The van der Waals surface area contributed by atoms with Gasteiger partial charge in [0.2, 0.25) is 5.91 Å². The second kappa shape index (κ2) is 7.43. The van der Waals surface area contributed by atoms with E-state index in [-0.39, 0.29) is 24.6 Å². The maximum atomic E-state index is 12.8. The molecule has 29 heavy (non-hydrogen) atoms. The van der Waals surface area contributed by atoms with Gasteiger partial charge >= 0.3 is 5.69 Å². The van der Waals surface area contributed by atoms with Crippen molar-refractivity contribution in [1.82, 2.24) is 13.7 Å². The fraction of sp³-hybridized carbons (Fsp3) is 0.227. The van der Waals surface area contributed by atoms with Crippen LogP contribution in [0, 0.1) is 0 Å². The Morgan fingerprint density at radius 2 is 1.72 bits per heavy atom. The molecular weight excluding hydrogens is 368 g/mol. The summed E-state index contributed by atoms with van der Waals surface area (Å²) >= 11 is 0. The lowest BCUT2D eigenvalue weighted by Crippen LogP contribution is -2.41. The predicted molar refractivity (Wildman–Crippen MR) is 114 cm³/mol. The minimum atomic E-state index is -0.484. The van der Waals surface area contributed by atoms with Crippen LogP contribution in [0.5, 0.6) is 0 Å². The van der Waals surface area contributed by atoms with Crippen molar-refractivity contribution in [2.24, 2.45) is 0 Å². The van der Waals surface area contributed by atoms with Crippen LogP contribution in [0.2, 0.25) is 0 Å². The number of carbonyl (C=O) groups is 1. The number of anilines is 1. The molecule has 4 rings (SSSR count). The highest BCUT2D eigenvalue weighted by molar-refractivity contribution is 5.94. The molecule has 2 aromatic carbocycles. The highest BCUT2D eigenvalue weighted by atomic mass is 16.2. The van der Waals surface area contributed by atoms with E-state index >= 15 is 0 Å². The Kier molecular flexibility index (Phi) is 4.80. The molecule has 2 aromatic heterocycles. The molecule has 0 aliphatic carbocycles. The van der Waals surface area contributed by atoms with Crippen molar-refractivity contribution in [2.75, 3.05) is 5.32 Å². The van der Waals surface area contributed by atoms with Gasteiger partial charge in [-0.1, -0.05) is 12.1 Å². The lowest BCUT2D eigenvalue weighted by atomic mass is 10.2. The Labute approximate surface area is 166 Å². The molecule has 7 nitrogen and oxygen atoms in total. The van der Waals surface area contributed by atoms with Crippen molar-refractivity contribution in [3.63, 3.8) is 0 Å². The van der Waals surface area contributed by atoms with Gasteiger partial charge in [-0.05, 0) is 50.2 Å². The normalized spacial score (nSPS) is 11.2. The molecule has 7 heteroatoms. The molecule has 0 fully saturated rings. The van der Waals surface area contributed by atoms with Gasteiger partial charge in [0, 0.05) is 35.9 Å². The minimum Gasteiger partial charge on any atom is -0.348 e. The fourth-order valence-electron chi connectivity index (χ4n) is 3.70. The predicted octanol–water partition coefficient (Wildman–Crippen LogP) is 2.80. The molecule has 0 unspecified atom stereocenters. The maximum Gasteiger partial charge on any atom is 0.331 e. The van der Waals surface area contributed by atoms with Crippen molar-refractivity contribution >= 4 is 33.4 Å². The van der Waals surface area contributed by atoms with Crippen molar-refractivity contribution in [3.8, 4) is 0 Å². The lowest BCUT2D eigenvalue weighted by molar-refractivity contribution is -0.116. The smallest absolute Gasteiger partial charge is 0.331 e. The number of nitrogens with one attached hydrogen (secondary N) is 1. The van der Waals surface area contributed by atoms with Crippen LogP contribution >= 0.6 is 0 Å². The topological polar surface area (TPSA) is 78.0 Å². The van der Waals surface area contributed by atoms with Crippen molar-refractivity contribution in [2.45, 2.75) is 33.5 Å². The zero-order valence-electron chi connectivity index (χ0n) is 16.4. The standard InChI is InChI=1S/C22H22N4O3/c1-3-24-12-11-15-13-16(9-10-18(15)24)23-20(27)14-26-19-8-6-5-7-17(19)21(28)25(4-2)22(26)29/h5-13H,3-4,14H2,1-2H3,(H,23,27). The Hall–Kier alpha value is -3.61. The zero-order chi connectivity index (χ0) is 20.5. The molecule has 2 heterocycles. The summed E-state index contributed by atoms with van der Waals surface area (Å²) in [6.45, 7) is 4.76. The van der Waals surface area contributed by atoms with Crippen molar-refractivity contribution in [3.05, 3.63) is 75.6 Å². The van der Waals surface area contributed by atoms with E-state index in [1.165, 1.54) is 4.57 Å². The average molecular weight is 390 g/mol. The Morgan fingerprint density at radius 1 is 0.931 bits per heavy atom. The van der Waals surface area contributed by atoms with Crippen LogP contribution in [-0.4, -0.2) is 19.6 Å². The van der Waals surface area contributed by atoms with Gasteiger partial charge in [0.25, 0.3) is 5.56 Å². The first-order valence-corrected chi connectivity index (χ1v) is 9.64. The van der Waals surface area contributed by atoms with Gasteiger partial charge in [0.1, 0.15) is 6.54 Å². The Balaban J connectivity index is 1.67. The molecule has 0 radical (unpaired) electrons. The summed E-state index contributed by atoms with van der Waals surface area (Å²) < 4.78 is 4.62. The Morgan fingerprint density at radius 3 is 2.48 bits per heavy atom. The second-order valence-corrected chi connectivity index (χ2v) is 6.86. The summed E-state index contributed by atoms with van der Waals surface area (Å²) in [6, 6.07) is 14.6. The number of aromatic nitrogens is 3. The number of hydrogen-bond donors (Lipinski definition) is 1. The van der Waals surface area contributed by atoms with Gasteiger partial charge in [-0.2, -0.15) is 0 Å². The third kappa shape index (κ3) is 3.24. The first kappa shape index (κ1) is 18.7. The van der Waals surface area contributed by atoms with E-state index in [2.05, 4.69) is 16.8 Å². The number of rotatable bonds is 5. The Bertz CT molecular complexity index is 1340. The molecular formula is C22H22N4O3. The molecule has 0 aliphatic rings. The van der Waals surface area contributed by atoms with E-state index in [1.54, 1.807) is 31.2 Å². The number of nitrogens with zero attached hydrogens (tertiary/aromatic N) is 3. The molecule has 1 N–H and O–H groups in total. The molecule has 148 valence electrons. The van der Waals surface area contributed by atoms with Gasteiger partial charge in [-0.25, -0.2) is 4.79 Å². The molecule has 0 saturated carbocycles. The summed E-state index contributed by atoms with van der Waals surface area (Å²) in [4.78, 5) is 38.0. The van der Waals surface area contributed by atoms with E-state index in [4.69, 9.17) is 0 Å². The van der Waals surface area contributed by atoms with Crippen LogP contribution in [-0.2, 0) is 24.4 Å². The van der Waals surface area contributed by atoms with Gasteiger partial charge in [-0.3, -0.25) is 18.7 Å². The van der Waals surface area contributed by atoms with Gasteiger partial charge in [0.15, 0.2) is 0 Å². The van der Waals surface area contributed by atoms with E-state index in [0.29, 0.717) is 16.6 Å². The molecule has 0 bridgehead atoms. The summed E-state index contributed by atoms with van der Waals surface area (Å²) in [5.74, 6) is -0.326. The molecule has 0 atom stereocenters. The number of fused-ring (bicyclic) bond motifs is 2. The van der Waals surface area contributed by atoms with E-state index in [9.17, 15) is 14.4 Å². The first-order valence-electron chi connectivity index (χ1n) is 9.64. The van der Waals surface area contributed by atoms with Gasteiger partial charge in [-0.15, -0.1) is 0 Å². The van der Waals surface area contributed by atoms with Crippen LogP contribution in [0.3, 0.4) is 0 Å². The first-order chi connectivity index (χ1) is 14.0. The SMILES string of the molecule is CCn1c(=O)c2ccccc2n(CC(=O)Nc2ccc3c(ccn3CC)c2)c1=O. The van der Waals surface area contributed by atoms with E-state index in [0.717, 1.165) is 22.0 Å². The molecule has 0 aliphatic heterocycles. The van der Waals surface area contributed by atoms with E-state index < -0.39 is 5.69 Å². The number of aryl methyl sites for hydroxylation is 1. The number of hydrogen-bond acceptors (Lipinski definition) is 3. The lowest BCUT2D eigenvalue weighted by Gasteiger charge is -2.13. The van der Waals surface area contributed by atoms with Crippen LogP contribution < -0.4 is 16.6 Å². The van der Waals surface area contributed by atoms with Crippen LogP contribution in [0.1, 0.15) is 13.8 Å². The minimum absolute atomic E-state index is 0.173. The molecule has 0 spiro atoms. The molecule has 1 amide bonds. The largest absolute Gasteiger partial charge is 0.348 e. The third-order valence-corrected chi connectivity index (χ3v) is 5.15. The van der Waals surface area contributed by atoms with Gasteiger partial charge in [0.05, 0.1) is 10.9 Å². The summed E-state index contributed by atoms with van der Waals surface area (Å²) in [6.07, 6.45) is 2.01. The summed E-state index contributed by atoms with van der Waals surface area (Å²) in [5, 5.41) is 4.31. The quantitative estimate of drug-likeness (QED) is 0.569. The number of amides is 1. The van der Waals surface area contributed by atoms with Crippen LogP contribution in [0.15, 0.2) is 64.3 Å². The zero-order valence-corrected chi connectivity index (χ0v) is 16.4. The molecule has 4 aromatic rings. The fourth-order valence-corrected chi connectivity index (χ4v) is 3.70. The highest BCUT2D eigenvalue weighted by Gasteiger charge is 2.14. The van der Waals surface area contributed by atoms with E-state index in [1.807, 2.05) is 30.5 Å². The van der Waals surface area contributed by atoms with Crippen molar-refractivity contribution < 1.29 is 4.79 Å². The average Bonchev–Trinajstić information content (AvgIpc) is 3.14. The third-order valence-electron chi connectivity index (χ3n) is 5.15. The highest BCUT2D eigenvalue weighted by Crippen LogP contribution is 2.20. The maximum absolute atomic E-state index is 12.8. The van der Waals surface area contributed by atoms with Gasteiger partial charge < -0.3 is 9.88 Å². The second-order valence-electron chi connectivity index (χ2n) is 6.86. The summed E-state index contributed by atoms with van der Waals surface area (Å²) in [5.41, 5.74) is 1.40. The number of para-hydroxylation sites is 1. The van der Waals surface area contributed by atoms with Crippen molar-refractivity contribution in [1.29, 1.82) is 0 Å². The monoisotopic (exact) mass is 390 g/mol. The molecule has 0 saturated heterocycles. The van der Waals surface area contributed by atoms with Crippen LogP contribution in [0.4, 0.5) is 5.69 Å².